The standard InChI is InChI=1S/C7H9ClF2N4O/c8-4-1-12-6(11)14-5(4)13-2-7(9,10)3-15/h1,15H,2-3H2,(H3,11,12,13,14). The second-order valence-corrected chi connectivity index (χ2v) is 3.20. The average Bonchev–Trinajstić information content (AvgIpc) is 2.20. The van der Waals surface area contributed by atoms with Gasteiger partial charge in [0.1, 0.15) is 11.6 Å². The van der Waals surface area contributed by atoms with Gasteiger partial charge in [0.2, 0.25) is 5.95 Å². The average molecular weight is 239 g/mol. The largest absolute Gasteiger partial charge is 0.390 e. The van der Waals surface area contributed by atoms with Crippen LogP contribution in [0.25, 0.3) is 0 Å². The SMILES string of the molecule is Nc1ncc(Cl)c(NCC(F)(F)CO)n1. The van der Waals surface area contributed by atoms with Crippen LogP contribution in [-0.4, -0.2) is 34.1 Å². The van der Waals surface area contributed by atoms with E-state index in [1.54, 1.807) is 0 Å². The Labute approximate surface area is 89.3 Å². The van der Waals surface area contributed by atoms with Gasteiger partial charge in [0.15, 0.2) is 5.82 Å². The van der Waals surface area contributed by atoms with E-state index in [1.165, 1.54) is 6.20 Å². The summed E-state index contributed by atoms with van der Waals surface area (Å²) in [5.74, 6) is -3.30. The highest BCUT2D eigenvalue weighted by atomic mass is 35.5. The second-order valence-electron chi connectivity index (χ2n) is 2.79. The molecule has 4 N–H and O–H groups in total. The van der Waals surface area contributed by atoms with E-state index in [9.17, 15) is 8.78 Å². The Hall–Kier alpha value is -1.21. The number of halogens is 3. The summed E-state index contributed by atoms with van der Waals surface area (Å²) in [6.07, 6.45) is 1.20. The third-order valence-corrected chi connectivity index (χ3v) is 1.79. The van der Waals surface area contributed by atoms with Gasteiger partial charge < -0.3 is 16.2 Å². The fourth-order valence-electron chi connectivity index (χ4n) is 0.774. The van der Waals surface area contributed by atoms with Crippen LogP contribution in [0.5, 0.6) is 0 Å². The van der Waals surface area contributed by atoms with Gasteiger partial charge in [0, 0.05) is 0 Å². The quantitative estimate of drug-likeness (QED) is 0.721. The van der Waals surface area contributed by atoms with Crippen LogP contribution in [0.2, 0.25) is 5.02 Å². The van der Waals surface area contributed by atoms with E-state index in [0.29, 0.717) is 0 Å². The van der Waals surface area contributed by atoms with Crippen molar-refractivity contribution in [1.29, 1.82) is 0 Å². The predicted molar refractivity (Wildman–Crippen MR) is 52.0 cm³/mol. The number of nitrogens with one attached hydrogen (secondary N) is 1. The summed E-state index contributed by atoms with van der Waals surface area (Å²) < 4.78 is 25.3. The number of nitrogens with zero attached hydrogens (tertiary/aromatic N) is 2. The normalized spacial score (nSPS) is 11.5. The maximum absolute atomic E-state index is 12.6. The molecule has 0 unspecified atom stereocenters. The molecule has 1 heterocycles. The predicted octanol–water partition coefficient (Wildman–Crippen LogP) is 0.752. The number of anilines is 2. The van der Waals surface area contributed by atoms with Crippen molar-refractivity contribution < 1.29 is 13.9 Å². The zero-order valence-electron chi connectivity index (χ0n) is 7.54. The number of nitrogens with two attached hydrogens (primary N) is 1. The first-order valence-electron chi connectivity index (χ1n) is 3.95. The lowest BCUT2D eigenvalue weighted by Crippen LogP contribution is -2.31. The Morgan fingerprint density at radius 3 is 2.87 bits per heavy atom. The van der Waals surface area contributed by atoms with Crippen LogP contribution in [0.3, 0.4) is 0 Å². The summed E-state index contributed by atoms with van der Waals surface area (Å²) in [5.41, 5.74) is 5.24. The molecular formula is C7H9ClF2N4O. The molecule has 1 aromatic rings. The molecule has 84 valence electrons. The monoisotopic (exact) mass is 238 g/mol. The minimum atomic E-state index is -3.23. The molecule has 0 aliphatic carbocycles. The zero-order valence-corrected chi connectivity index (χ0v) is 8.30. The van der Waals surface area contributed by atoms with Crippen LogP contribution in [0, 0.1) is 0 Å². The van der Waals surface area contributed by atoms with Crippen molar-refractivity contribution in [3.05, 3.63) is 11.2 Å². The fourth-order valence-corrected chi connectivity index (χ4v) is 0.932. The van der Waals surface area contributed by atoms with Crippen molar-refractivity contribution in [2.45, 2.75) is 5.92 Å². The first-order valence-corrected chi connectivity index (χ1v) is 4.33. The van der Waals surface area contributed by atoms with Crippen molar-refractivity contribution >= 4 is 23.4 Å². The summed E-state index contributed by atoms with van der Waals surface area (Å²) in [6, 6.07) is 0. The van der Waals surface area contributed by atoms with Gasteiger partial charge in [-0.3, -0.25) is 0 Å². The van der Waals surface area contributed by atoms with Gasteiger partial charge in [-0.15, -0.1) is 0 Å². The smallest absolute Gasteiger partial charge is 0.287 e. The molecule has 0 bridgehead atoms. The van der Waals surface area contributed by atoms with Crippen molar-refractivity contribution in [1.82, 2.24) is 9.97 Å². The number of aromatic nitrogens is 2. The number of aliphatic hydroxyl groups excluding tert-OH is 1. The molecule has 0 spiro atoms. The molecule has 0 amide bonds. The van der Waals surface area contributed by atoms with Crippen LogP contribution in [0.1, 0.15) is 0 Å². The van der Waals surface area contributed by atoms with E-state index < -0.39 is 19.1 Å². The number of rotatable bonds is 4. The summed E-state index contributed by atoms with van der Waals surface area (Å²) in [5, 5.41) is 10.7. The summed E-state index contributed by atoms with van der Waals surface area (Å²) in [4.78, 5) is 7.18. The third kappa shape index (κ3) is 3.45. The Bertz CT molecular complexity index is 350. The van der Waals surface area contributed by atoms with Gasteiger partial charge in [0.05, 0.1) is 12.7 Å². The number of alkyl halides is 2. The molecule has 0 saturated carbocycles. The summed E-state index contributed by atoms with van der Waals surface area (Å²) >= 11 is 5.62. The molecule has 0 saturated heterocycles. The fraction of sp³-hybridized carbons (Fsp3) is 0.429. The Kier molecular flexibility index (Phi) is 3.59. The van der Waals surface area contributed by atoms with Crippen LogP contribution in [-0.2, 0) is 0 Å². The number of aliphatic hydroxyl groups is 1. The van der Waals surface area contributed by atoms with Gasteiger partial charge in [-0.05, 0) is 0 Å². The molecular weight excluding hydrogens is 230 g/mol. The first-order chi connectivity index (χ1) is 6.94. The van der Waals surface area contributed by atoms with Gasteiger partial charge in [-0.25, -0.2) is 13.8 Å². The van der Waals surface area contributed by atoms with Crippen LogP contribution in [0.15, 0.2) is 6.20 Å². The number of hydrogen-bond acceptors (Lipinski definition) is 5. The van der Waals surface area contributed by atoms with Crippen LogP contribution >= 0.6 is 11.6 Å². The lowest BCUT2D eigenvalue weighted by molar-refractivity contribution is -0.0373. The summed E-state index contributed by atoms with van der Waals surface area (Å²) in [7, 11) is 0. The van der Waals surface area contributed by atoms with Crippen molar-refractivity contribution in [3.8, 4) is 0 Å². The van der Waals surface area contributed by atoms with E-state index in [1.807, 2.05) is 0 Å². The molecule has 0 atom stereocenters. The lowest BCUT2D eigenvalue weighted by Gasteiger charge is -2.14. The highest BCUT2D eigenvalue weighted by Gasteiger charge is 2.27. The molecule has 5 nitrogen and oxygen atoms in total. The maximum Gasteiger partial charge on any atom is 0.287 e. The van der Waals surface area contributed by atoms with E-state index in [2.05, 4.69) is 15.3 Å². The molecule has 0 aliphatic rings. The van der Waals surface area contributed by atoms with Crippen molar-refractivity contribution in [2.24, 2.45) is 0 Å². The van der Waals surface area contributed by atoms with E-state index in [4.69, 9.17) is 22.4 Å². The Morgan fingerprint density at radius 1 is 1.60 bits per heavy atom. The summed E-state index contributed by atoms with van der Waals surface area (Å²) in [6.45, 7) is -2.03. The Morgan fingerprint density at radius 2 is 2.27 bits per heavy atom. The molecule has 0 radical (unpaired) electrons. The van der Waals surface area contributed by atoms with E-state index in [0.717, 1.165) is 0 Å². The second kappa shape index (κ2) is 4.54. The molecule has 0 aromatic carbocycles. The minimum absolute atomic E-state index is 0.0114. The Balaban J connectivity index is 2.69. The first kappa shape index (κ1) is 11.9. The van der Waals surface area contributed by atoms with Crippen molar-refractivity contribution in [2.75, 3.05) is 24.2 Å². The molecule has 0 fully saturated rings. The third-order valence-electron chi connectivity index (χ3n) is 1.51. The number of hydrogen-bond donors (Lipinski definition) is 3. The van der Waals surface area contributed by atoms with Crippen LogP contribution < -0.4 is 11.1 Å². The molecule has 15 heavy (non-hydrogen) atoms. The van der Waals surface area contributed by atoms with Gasteiger partial charge in [-0.1, -0.05) is 11.6 Å². The van der Waals surface area contributed by atoms with Gasteiger partial charge >= 0.3 is 0 Å². The van der Waals surface area contributed by atoms with Gasteiger partial charge in [0.25, 0.3) is 5.92 Å². The zero-order chi connectivity index (χ0) is 11.5. The molecule has 1 rings (SSSR count). The van der Waals surface area contributed by atoms with E-state index in [-0.39, 0.29) is 16.8 Å². The van der Waals surface area contributed by atoms with E-state index >= 15 is 0 Å². The molecule has 0 aliphatic heterocycles. The molecule has 8 heteroatoms. The van der Waals surface area contributed by atoms with Crippen molar-refractivity contribution in [3.63, 3.8) is 0 Å². The highest BCUT2D eigenvalue weighted by Crippen LogP contribution is 2.20. The molecule has 1 aromatic heterocycles. The minimum Gasteiger partial charge on any atom is -0.390 e. The highest BCUT2D eigenvalue weighted by molar-refractivity contribution is 6.32. The lowest BCUT2D eigenvalue weighted by atomic mass is 10.3. The van der Waals surface area contributed by atoms with Crippen LogP contribution in [0.4, 0.5) is 20.5 Å². The van der Waals surface area contributed by atoms with Gasteiger partial charge in [-0.2, -0.15) is 4.98 Å². The maximum atomic E-state index is 12.6. The topological polar surface area (TPSA) is 84.1 Å². The number of nitrogen functional groups attached to an aromatic ring is 1.